The topological polar surface area (TPSA) is 197 Å². The molecule has 1 amide bonds. The standard InChI is InChI=1S/C52H61N9O9S/c1-33-5-2-3-6-40(33)42-7-4-15-59(42)38-27-52(28-38)12-16-58(17-13-52)37-8-9-41(43(24-37)60-29-35-11-20-68-32-47(35)70-51-45(60)23-34-10-14-53-49(34)55-51)50(62)56-71(65,66)39-25-44(61(63)64)48-46(26-39)69-31-36(54-48)30-57-18-21-67-22-19-57/h2-3,5-6,8-10,14,23-26,35-36,38,42,47,54H,4,7,11-13,15-22,27-32H2,1H3,(H,53,55)(H,56,62)/t35-,36-,42+,47+/m1/s1. The van der Waals surface area contributed by atoms with E-state index < -0.39 is 31.4 Å². The largest absolute Gasteiger partial charge is 0.489 e. The number of ether oxygens (including phenoxy) is 4. The number of H-pyrrole nitrogens is 1. The number of nitrogens with zero attached hydrogens (tertiary/aromatic N) is 6. The van der Waals surface area contributed by atoms with Crippen molar-refractivity contribution in [3.63, 3.8) is 0 Å². The van der Waals surface area contributed by atoms with E-state index in [9.17, 15) is 23.3 Å². The molecule has 12 rings (SSSR count). The molecule has 0 unspecified atom stereocenters. The maximum Gasteiger partial charge on any atom is 0.297 e. The summed E-state index contributed by atoms with van der Waals surface area (Å²) in [4.78, 5) is 43.7. The first kappa shape index (κ1) is 46.1. The number of fused-ring (bicyclic) bond motifs is 4. The number of anilines is 4. The fraction of sp³-hybridized carbons (Fsp3) is 0.500. The Morgan fingerprint density at radius 3 is 2.59 bits per heavy atom. The first-order valence-corrected chi connectivity index (χ1v) is 26.8. The number of morpholine rings is 1. The Bertz CT molecular complexity index is 2960. The molecular weight excluding hydrogens is 927 g/mol. The van der Waals surface area contributed by atoms with E-state index in [0.717, 1.165) is 62.7 Å². The Hall–Kier alpha value is -5.99. The van der Waals surface area contributed by atoms with Crippen molar-refractivity contribution in [1.29, 1.82) is 0 Å². The lowest BCUT2D eigenvalue weighted by atomic mass is 9.59. The van der Waals surface area contributed by atoms with Crippen LogP contribution in [0.4, 0.5) is 28.4 Å². The number of sulfonamides is 1. The third-order valence-electron chi connectivity index (χ3n) is 16.4. The second-order valence-electron chi connectivity index (χ2n) is 20.7. The Balaban J connectivity index is 0.836. The van der Waals surface area contributed by atoms with Crippen LogP contribution in [0.2, 0.25) is 0 Å². The van der Waals surface area contributed by atoms with Gasteiger partial charge in [0.05, 0.1) is 46.9 Å². The molecular formula is C52H61N9O9S. The summed E-state index contributed by atoms with van der Waals surface area (Å²) in [6, 6.07) is 21.4. The van der Waals surface area contributed by atoms with Crippen LogP contribution in [0.25, 0.3) is 11.0 Å². The Kier molecular flexibility index (Phi) is 12.1. The van der Waals surface area contributed by atoms with Crippen LogP contribution in [0.15, 0.2) is 77.8 Å². The van der Waals surface area contributed by atoms with Crippen molar-refractivity contribution in [2.24, 2.45) is 11.3 Å². The van der Waals surface area contributed by atoms with Crippen LogP contribution in [0.1, 0.15) is 72.5 Å². The predicted molar refractivity (Wildman–Crippen MR) is 268 cm³/mol. The van der Waals surface area contributed by atoms with Crippen molar-refractivity contribution in [3.05, 3.63) is 99.7 Å². The average Bonchev–Trinajstić information content (AvgIpc) is 4.01. The lowest BCUT2D eigenvalue weighted by molar-refractivity contribution is -0.384. The van der Waals surface area contributed by atoms with Crippen molar-refractivity contribution < 1.29 is 37.1 Å². The number of pyridine rings is 1. The summed E-state index contributed by atoms with van der Waals surface area (Å²) in [7, 11) is -4.69. The number of hydrogen-bond acceptors (Lipinski definition) is 15. The van der Waals surface area contributed by atoms with Gasteiger partial charge in [0.2, 0.25) is 5.88 Å². The van der Waals surface area contributed by atoms with Crippen molar-refractivity contribution in [2.75, 3.05) is 94.0 Å². The fourth-order valence-electron chi connectivity index (χ4n) is 12.5. The molecule has 2 aromatic heterocycles. The van der Waals surface area contributed by atoms with Crippen molar-refractivity contribution >= 4 is 55.4 Å². The minimum Gasteiger partial charge on any atom is -0.489 e. The summed E-state index contributed by atoms with van der Waals surface area (Å²) in [5.74, 6) is -0.479. The predicted octanol–water partition coefficient (Wildman–Crippen LogP) is 6.93. The maximum absolute atomic E-state index is 14.8. The zero-order chi connectivity index (χ0) is 48.4. The number of nitrogens with one attached hydrogen (secondary N) is 3. The van der Waals surface area contributed by atoms with Crippen LogP contribution in [-0.4, -0.2) is 136 Å². The molecule has 4 saturated heterocycles. The monoisotopic (exact) mass is 987 g/mol. The molecule has 3 N–H and O–H groups in total. The number of piperidine rings is 1. The van der Waals surface area contributed by atoms with Gasteiger partial charge in [-0.25, -0.2) is 13.1 Å². The van der Waals surface area contributed by atoms with Gasteiger partial charge in [-0.15, -0.1) is 0 Å². The number of aryl methyl sites for hydroxylation is 1. The molecule has 7 aliphatic rings. The Labute approximate surface area is 413 Å². The molecule has 4 atom stereocenters. The van der Waals surface area contributed by atoms with Crippen molar-refractivity contribution in [1.82, 2.24) is 24.5 Å². The van der Waals surface area contributed by atoms with E-state index in [4.69, 9.17) is 23.9 Å². The van der Waals surface area contributed by atoms with E-state index in [1.54, 1.807) is 6.07 Å². The first-order chi connectivity index (χ1) is 34.5. The second-order valence-corrected chi connectivity index (χ2v) is 22.4. The molecule has 18 nitrogen and oxygen atoms in total. The SMILES string of the molecule is Cc1ccccc1[C@@H]1CCCN1C1CC2(CCN(c3ccc(C(=O)NS(=O)(=O)c4cc5c(c([N+](=O)[O-])c4)N[C@H](CN4CCOCC4)CO5)c(N4C[C@H]5CCOC[C@@H]5Oc5nc6[nH]ccc6cc54)c3)CC2)C1. The number of aromatic nitrogens is 2. The zero-order valence-electron chi connectivity index (χ0n) is 40.0. The molecule has 1 saturated carbocycles. The third kappa shape index (κ3) is 8.82. The van der Waals surface area contributed by atoms with Crippen molar-refractivity contribution in [2.45, 2.75) is 81.0 Å². The summed E-state index contributed by atoms with van der Waals surface area (Å²) in [5.41, 5.74) is 5.60. The van der Waals surface area contributed by atoms with E-state index in [2.05, 4.69) is 65.8 Å². The average molecular weight is 988 g/mol. The molecule has 19 heteroatoms. The third-order valence-corrected chi connectivity index (χ3v) is 17.7. The zero-order valence-corrected chi connectivity index (χ0v) is 40.8. The maximum atomic E-state index is 14.8. The van der Waals surface area contributed by atoms with E-state index in [1.807, 2.05) is 30.5 Å². The summed E-state index contributed by atoms with van der Waals surface area (Å²) >= 11 is 0. The molecule has 1 aliphatic carbocycles. The summed E-state index contributed by atoms with van der Waals surface area (Å²) in [6.45, 7) is 9.86. The molecule has 5 aromatic rings. The Morgan fingerprint density at radius 1 is 0.944 bits per heavy atom. The summed E-state index contributed by atoms with van der Waals surface area (Å²) in [5, 5.41) is 16.6. The van der Waals surface area contributed by atoms with Gasteiger partial charge in [-0.3, -0.25) is 24.7 Å². The van der Waals surface area contributed by atoms with Gasteiger partial charge in [0.25, 0.3) is 21.6 Å². The van der Waals surface area contributed by atoms with Crippen LogP contribution in [0.5, 0.6) is 11.6 Å². The number of likely N-dealkylation sites (tertiary alicyclic amines) is 1. The smallest absolute Gasteiger partial charge is 0.297 e. The molecule has 0 radical (unpaired) electrons. The van der Waals surface area contributed by atoms with Crippen LogP contribution >= 0.6 is 0 Å². The van der Waals surface area contributed by atoms with Gasteiger partial charge in [-0.05, 0) is 105 Å². The number of nitro benzene ring substituents is 1. The number of nitro groups is 1. The van der Waals surface area contributed by atoms with E-state index >= 15 is 0 Å². The fourth-order valence-corrected chi connectivity index (χ4v) is 13.5. The van der Waals surface area contributed by atoms with Gasteiger partial charge in [-0.1, -0.05) is 24.3 Å². The normalized spacial score (nSPS) is 24.7. The molecule has 1 spiro atoms. The molecule has 0 bridgehead atoms. The second kappa shape index (κ2) is 18.6. The van der Waals surface area contributed by atoms with Gasteiger partial charge in [0, 0.05) is 93.3 Å². The molecule has 5 fully saturated rings. The molecule has 3 aromatic carbocycles. The van der Waals surface area contributed by atoms with Crippen LogP contribution < -0.4 is 29.3 Å². The number of aromatic amines is 1. The van der Waals surface area contributed by atoms with Gasteiger partial charge >= 0.3 is 0 Å². The minimum atomic E-state index is -4.69. The van der Waals surface area contributed by atoms with Gasteiger partial charge in [-0.2, -0.15) is 4.98 Å². The van der Waals surface area contributed by atoms with E-state index in [1.165, 1.54) is 42.9 Å². The number of benzene rings is 3. The lowest BCUT2D eigenvalue weighted by Crippen LogP contribution is -2.54. The number of carbonyl (C=O) groups is 1. The highest BCUT2D eigenvalue weighted by Gasteiger charge is 2.50. The van der Waals surface area contributed by atoms with E-state index in [-0.39, 0.29) is 41.7 Å². The summed E-state index contributed by atoms with van der Waals surface area (Å²) in [6.07, 6.45) is 9.18. The van der Waals surface area contributed by atoms with Gasteiger partial charge in [0.15, 0.2) is 11.4 Å². The highest BCUT2D eigenvalue weighted by Crippen LogP contribution is 2.54. The molecule has 8 heterocycles. The number of rotatable bonds is 10. The van der Waals surface area contributed by atoms with Gasteiger partial charge in [0.1, 0.15) is 24.0 Å². The van der Waals surface area contributed by atoms with Crippen LogP contribution in [0.3, 0.4) is 0 Å². The molecule has 374 valence electrons. The van der Waals surface area contributed by atoms with Gasteiger partial charge < -0.3 is 39.0 Å². The highest BCUT2D eigenvalue weighted by molar-refractivity contribution is 7.90. The van der Waals surface area contributed by atoms with Crippen molar-refractivity contribution in [3.8, 4) is 11.6 Å². The highest BCUT2D eigenvalue weighted by atomic mass is 32.2. The first-order valence-electron chi connectivity index (χ1n) is 25.3. The lowest BCUT2D eigenvalue weighted by Gasteiger charge is -2.56. The van der Waals surface area contributed by atoms with Crippen LogP contribution in [-0.2, 0) is 19.5 Å². The number of carbonyl (C=O) groups excluding carboxylic acids is 1. The summed E-state index contributed by atoms with van der Waals surface area (Å²) < 4.78 is 55.0. The van der Waals surface area contributed by atoms with E-state index in [0.29, 0.717) is 86.3 Å². The quantitative estimate of drug-likeness (QED) is 0.0962. The number of hydrogen-bond donors (Lipinski definition) is 3. The van der Waals surface area contributed by atoms with Crippen LogP contribution in [0, 0.1) is 28.4 Å². The minimum absolute atomic E-state index is 0.000121. The molecule has 71 heavy (non-hydrogen) atoms. The molecule has 6 aliphatic heterocycles. The number of amides is 1. The Morgan fingerprint density at radius 2 is 1.77 bits per heavy atom.